The van der Waals surface area contributed by atoms with Crippen LogP contribution in [0.1, 0.15) is 48.2 Å². The zero-order valence-electron chi connectivity index (χ0n) is 14.7. The van der Waals surface area contributed by atoms with Crippen molar-refractivity contribution < 1.29 is 4.79 Å². The number of aromatic nitrogens is 2. The van der Waals surface area contributed by atoms with Crippen LogP contribution in [0.25, 0.3) is 6.08 Å². The highest BCUT2D eigenvalue weighted by Gasteiger charge is 2.18. The number of nitrogens with one attached hydrogen (secondary N) is 2. The van der Waals surface area contributed by atoms with Crippen LogP contribution in [0.5, 0.6) is 0 Å². The third-order valence-corrected chi connectivity index (χ3v) is 4.91. The van der Waals surface area contributed by atoms with Crippen molar-refractivity contribution in [1.82, 2.24) is 15.4 Å². The Morgan fingerprint density at radius 3 is 2.85 bits per heavy atom. The molecule has 2 aliphatic rings. The van der Waals surface area contributed by atoms with Crippen LogP contribution in [0.4, 0.5) is 11.5 Å². The van der Waals surface area contributed by atoms with Crippen LogP contribution in [-0.2, 0) is 0 Å². The van der Waals surface area contributed by atoms with Gasteiger partial charge in [0.1, 0.15) is 17.8 Å². The number of rotatable bonds is 4. The van der Waals surface area contributed by atoms with Crippen molar-refractivity contribution in [3.63, 3.8) is 0 Å². The van der Waals surface area contributed by atoms with Gasteiger partial charge < -0.3 is 5.32 Å². The predicted molar refractivity (Wildman–Crippen MR) is 103 cm³/mol. The molecule has 1 fully saturated rings. The number of amides is 1. The Bertz CT molecular complexity index is 813. The largest absolute Gasteiger partial charge is 0.367 e. The molecule has 1 aliphatic heterocycles. The van der Waals surface area contributed by atoms with E-state index in [-0.39, 0.29) is 5.91 Å². The average Bonchev–Trinajstić information content (AvgIpc) is 2.69. The number of anilines is 2. The van der Waals surface area contributed by atoms with Gasteiger partial charge in [0.2, 0.25) is 0 Å². The van der Waals surface area contributed by atoms with Crippen molar-refractivity contribution in [1.29, 1.82) is 0 Å². The molecule has 6 nitrogen and oxygen atoms in total. The second kappa shape index (κ2) is 7.56. The van der Waals surface area contributed by atoms with Crippen LogP contribution in [0.15, 0.2) is 42.7 Å². The van der Waals surface area contributed by atoms with Gasteiger partial charge in [-0.3, -0.25) is 15.2 Å². The Balaban J connectivity index is 1.45. The normalized spacial score (nSPS) is 16.8. The molecule has 2 aromatic rings. The third kappa shape index (κ3) is 3.69. The molecule has 1 saturated carbocycles. The van der Waals surface area contributed by atoms with E-state index in [9.17, 15) is 4.79 Å². The molecule has 0 spiro atoms. The maximum Gasteiger partial charge on any atom is 0.288 e. The average molecular weight is 349 g/mol. The highest BCUT2D eigenvalue weighted by atomic mass is 16.2. The molecule has 1 amide bonds. The molecule has 1 aliphatic carbocycles. The minimum atomic E-state index is -0.232. The van der Waals surface area contributed by atoms with Crippen molar-refractivity contribution in [2.75, 3.05) is 16.9 Å². The van der Waals surface area contributed by atoms with Crippen LogP contribution in [0.2, 0.25) is 0 Å². The highest BCUT2D eigenvalue weighted by molar-refractivity contribution is 5.94. The van der Waals surface area contributed by atoms with Crippen LogP contribution in [-0.4, -0.2) is 28.5 Å². The van der Waals surface area contributed by atoms with E-state index in [0.717, 1.165) is 29.9 Å². The molecule has 1 aromatic carbocycles. The SMILES string of the molecule is O=C(NN1CC=Cc2ccccc21)c1cc(NC2CCCCC2)ncn1. The highest BCUT2D eigenvalue weighted by Crippen LogP contribution is 2.24. The summed E-state index contributed by atoms with van der Waals surface area (Å²) >= 11 is 0. The number of hydrogen-bond acceptors (Lipinski definition) is 5. The summed E-state index contributed by atoms with van der Waals surface area (Å²) in [4.78, 5) is 21.1. The molecule has 0 saturated heterocycles. The Kier molecular flexibility index (Phi) is 4.82. The first-order valence-electron chi connectivity index (χ1n) is 9.22. The molecule has 4 rings (SSSR count). The lowest BCUT2D eigenvalue weighted by atomic mass is 9.95. The summed E-state index contributed by atoms with van der Waals surface area (Å²) in [6, 6.07) is 10.1. The first-order chi connectivity index (χ1) is 12.8. The van der Waals surface area contributed by atoms with Gasteiger partial charge in [-0.15, -0.1) is 0 Å². The number of benzene rings is 1. The Hall–Kier alpha value is -2.89. The molecule has 26 heavy (non-hydrogen) atoms. The summed E-state index contributed by atoms with van der Waals surface area (Å²) in [5.41, 5.74) is 5.38. The van der Waals surface area contributed by atoms with Crippen LogP contribution >= 0.6 is 0 Å². The van der Waals surface area contributed by atoms with Gasteiger partial charge in [-0.2, -0.15) is 0 Å². The number of nitrogens with zero attached hydrogens (tertiary/aromatic N) is 3. The number of para-hydroxylation sites is 1. The molecule has 134 valence electrons. The zero-order valence-corrected chi connectivity index (χ0v) is 14.7. The molecule has 1 aromatic heterocycles. The molecule has 0 atom stereocenters. The van der Waals surface area contributed by atoms with E-state index >= 15 is 0 Å². The van der Waals surface area contributed by atoms with Crippen LogP contribution < -0.4 is 15.8 Å². The fourth-order valence-electron chi connectivity index (χ4n) is 3.56. The van der Waals surface area contributed by atoms with Gasteiger partial charge in [0.25, 0.3) is 5.91 Å². The number of carbonyl (C=O) groups is 1. The topological polar surface area (TPSA) is 70.2 Å². The maximum absolute atomic E-state index is 12.7. The van der Waals surface area contributed by atoms with Crippen molar-refractivity contribution >= 4 is 23.5 Å². The van der Waals surface area contributed by atoms with Crippen molar-refractivity contribution in [2.24, 2.45) is 0 Å². The molecule has 0 bridgehead atoms. The Morgan fingerprint density at radius 2 is 1.96 bits per heavy atom. The van der Waals surface area contributed by atoms with Crippen molar-refractivity contribution in [2.45, 2.75) is 38.1 Å². The monoisotopic (exact) mass is 349 g/mol. The summed E-state index contributed by atoms with van der Waals surface area (Å²) in [5.74, 6) is 0.486. The van der Waals surface area contributed by atoms with E-state index in [1.165, 1.54) is 25.6 Å². The van der Waals surface area contributed by atoms with Gasteiger partial charge in [-0.05, 0) is 24.5 Å². The van der Waals surface area contributed by atoms with E-state index < -0.39 is 0 Å². The van der Waals surface area contributed by atoms with Gasteiger partial charge >= 0.3 is 0 Å². The van der Waals surface area contributed by atoms with Crippen molar-refractivity contribution in [3.8, 4) is 0 Å². The van der Waals surface area contributed by atoms with Gasteiger partial charge in [-0.1, -0.05) is 49.6 Å². The summed E-state index contributed by atoms with van der Waals surface area (Å²) in [6.45, 7) is 0.626. The second-order valence-electron chi connectivity index (χ2n) is 6.78. The molecule has 6 heteroatoms. The lowest BCUT2D eigenvalue weighted by Crippen LogP contribution is -2.44. The summed E-state index contributed by atoms with van der Waals surface area (Å²) in [6.07, 6.45) is 11.7. The summed E-state index contributed by atoms with van der Waals surface area (Å²) in [5, 5.41) is 5.28. The van der Waals surface area contributed by atoms with Gasteiger partial charge in [0, 0.05) is 12.1 Å². The molecule has 0 unspecified atom stereocenters. The van der Waals surface area contributed by atoms with Gasteiger partial charge in [0.05, 0.1) is 12.2 Å². The van der Waals surface area contributed by atoms with Crippen molar-refractivity contribution in [3.05, 3.63) is 54.0 Å². The molecule has 0 radical (unpaired) electrons. The van der Waals surface area contributed by atoms with Gasteiger partial charge in [0.15, 0.2) is 0 Å². The predicted octanol–water partition coefficient (Wildman–Crippen LogP) is 3.40. The minimum absolute atomic E-state index is 0.232. The number of hydrogen-bond donors (Lipinski definition) is 2. The lowest BCUT2D eigenvalue weighted by molar-refractivity contribution is 0.0945. The zero-order chi connectivity index (χ0) is 17.8. The Morgan fingerprint density at radius 1 is 1.12 bits per heavy atom. The van der Waals surface area contributed by atoms with Gasteiger partial charge in [-0.25, -0.2) is 9.97 Å². The minimum Gasteiger partial charge on any atom is -0.367 e. The molecular weight excluding hydrogens is 326 g/mol. The fraction of sp³-hybridized carbons (Fsp3) is 0.350. The summed E-state index contributed by atoms with van der Waals surface area (Å²) in [7, 11) is 0. The summed E-state index contributed by atoms with van der Waals surface area (Å²) < 4.78 is 0. The Labute approximate surface area is 153 Å². The number of fused-ring (bicyclic) bond motifs is 1. The van der Waals surface area contributed by atoms with E-state index in [0.29, 0.717) is 18.3 Å². The first-order valence-corrected chi connectivity index (χ1v) is 9.22. The first kappa shape index (κ1) is 16.6. The quantitative estimate of drug-likeness (QED) is 0.885. The number of hydrazine groups is 1. The second-order valence-corrected chi connectivity index (χ2v) is 6.78. The molecule has 2 heterocycles. The van der Waals surface area contributed by atoms with E-state index in [1.807, 2.05) is 35.4 Å². The third-order valence-electron chi connectivity index (χ3n) is 4.91. The standard InChI is InChI=1S/C20H23N5O/c26-20(24-25-12-6-8-15-7-4-5-11-18(15)25)17-13-19(22-14-21-17)23-16-9-2-1-3-10-16/h4-8,11,13-14,16H,1-3,9-10,12H2,(H,24,26)(H,21,22,23). The van der Waals surface area contributed by atoms with Crippen LogP contribution in [0.3, 0.4) is 0 Å². The van der Waals surface area contributed by atoms with E-state index in [4.69, 9.17) is 0 Å². The molecular formula is C20H23N5O. The molecule has 2 N–H and O–H groups in total. The maximum atomic E-state index is 12.7. The smallest absolute Gasteiger partial charge is 0.288 e. The van der Waals surface area contributed by atoms with Crippen LogP contribution in [0, 0.1) is 0 Å². The van der Waals surface area contributed by atoms with E-state index in [1.54, 1.807) is 6.07 Å². The number of carbonyl (C=O) groups excluding carboxylic acids is 1. The van der Waals surface area contributed by atoms with E-state index in [2.05, 4.69) is 26.8 Å². The lowest BCUT2D eigenvalue weighted by Gasteiger charge is -2.28. The fourth-order valence-corrected chi connectivity index (χ4v) is 3.56.